The Hall–Kier alpha value is -3.76. The van der Waals surface area contributed by atoms with E-state index < -0.39 is 24.9 Å². The molecule has 30 heavy (non-hydrogen) atoms. The maximum absolute atomic E-state index is 12.3. The molecule has 150 valence electrons. The highest BCUT2D eigenvalue weighted by Crippen LogP contribution is 2.22. The third-order valence-electron chi connectivity index (χ3n) is 4.57. The molecule has 2 aromatic heterocycles. The lowest BCUT2D eigenvalue weighted by molar-refractivity contribution is -0.136. The molecule has 0 aliphatic rings. The first kappa shape index (κ1) is 19.6. The van der Waals surface area contributed by atoms with E-state index in [1.165, 1.54) is 12.5 Å². The van der Waals surface area contributed by atoms with Crippen molar-refractivity contribution in [3.05, 3.63) is 66.6 Å². The Morgan fingerprint density at radius 2 is 1.77 bits per heavy atom. The number of rotatable bonds is 5. The van der Waals surface area contributed by atoms with E-state index >= 15 is 0 Å². The zero-order chi connectivity index (χ0) is 21.1. The number of anilines is 1. The van der Waals surface area contributed by atoms with Crippen molar-refractivity contribution in [3.63, 3.8) is 0 Å². The quantitative estimate of drug-likeness (QED) is 0.288. The molecule has 2 heterocycles. The molecule has 4 rings (SSSR count). The van der Waals surface area contributed by atoms with E-state index in [9.17, 15) is 19.6 Å². The molecule has 0 aliphatic heterocycles. The molecule has 0 spiro atoms. The number of para-hydroxylation sites is 3. The molecule has 2 amide bonds. The molecule has 0 aliphatic carbocycles. The summed E-state index contributed by atoms with van der Waals surface area (Å²) in [5.74, 6) is -3.04. The van der Waals surface area contributed by atoms with Crippen molar-refractivity contribution >= 4 is 46.8 Å². The van der Waals surface area contributed by atoms with Gasteiger partial charge in [-0.25, -0.2) is 4.98 Å². The number of nitrogens with zero attached hydrogens (tertiary/aromatic N) is 2. The number of benzene rings is 2. The van der Waals surface area contributed by atoms with Gasteiger partial charge in [0, 0.05) is 5.39 Å². The predicted molar refractivity (Wildman–Crippen MR) is 110 cm³/mol. The zero-order valence-electron chi connectivity index (χ0n) is 15.6. The third-order valence-corrected chi connectivity index (χ3v) is 4.57. The summed E-state index contributed by atoms with van der Waals surface area (Å²) in [6.45, 7) is 0. The molecule has 1 atom stereocenters. The minimum absolute atomic E-state index is 0.0590. The van der Waals surface area contributed by atoms with E-state index in [2.05, 4.69) is 20.6 Å². The van der Waals surface area contributed by atoms with Gasteiger partial charge in [-0.05, 0) is 30.2 Å². The van der Waals surface area contributed by atoms with Crippen molar-refractivity contribution in [1.29, 1.82) is 0 Å². The maximum Gasteiger partial charge on any atom is 0.475 e. The second-order valence-corrected chi connectivity index (χ2v) is 6.65. The van der Waals surface area contributed by atoms with Gasteiger partial charge < -0.3 is 25.1 Å². The molecule has 0 bridgehead atoms. The van der Waals surface area contributed by atoms with Crippen molar-refractivity contribution in [1.82, 2.24) is 15.3 Å². The number of hydrogen-bond donors (Lipinski definition) is 4. The lowest BCUT2D eigenvalue weighted by atomic mass is 9.76. The first-order chi connectivity index (χ1) is 14.5. The van der Waals surface area contributed by atoms with Gasteiger partial charge in [-0.3, -0.25) is 14.6 Å². The first-order valence-electron chi connectivity index (χ1n) is 9.16. The van der Waals surface area contributed by atoms with Gasteiger partial charge >= 0.3 is 18.9 Å². The highest BCUT2D eigenvalue weighted by Gasteiger charge is 2.29. The molecule has 0 saturated heterocycles. The minimum Gasteiger partial charge on any atom is -0.464 e. The molecule has 4 aromatic rings. The van der Waals surface area contributed by atoms with Gasteiger partial charge in [0.1, 0.15) is 5.58 Å². The van der Waals surface area contributed by atoms with Gasteiger partial charge in [0.05, 0.1) is 29.4 Å². The lowest BCUT2D eigenvalue weighted by Gasteiger charge is -2.17. The van der Waals surface area contributed by atoms with Crippen molar-refractivity contribution in [2.75, 3.05) is 5.32 Å². The average Bonchev–Trinajstić information content (AvgIpc) is 3.16. The fourth-order valence-electron chi connectivity index (χ4n) is 3.08. The van der Waals surface area contributed by atoms with Gasteiger partial charge in [0.2, 0.25) is 0 Å². The summed E-state index contributed by atoms with van der Waals surface area (Å²) in [5.41, 5.74) is 2.52. The summed E-state index contributed by atoms with van der Waals surface area (Å²) in [6, 6.07) is 14.3. The molecular formula is C20H17BN4O5. The van der Waals surface area contributed by atoms with Crippen LogP contribution in [0.3, 0.4) is 0 Å². The predicted octanol–water partition coefficient (Wildman–Crippen LogP) is 1.05. The highest BCUT2D eigenvalue weighted by molar-refractivity contribution is 6.46. The van der Waals surface area contributed by atoms with Crippen molar-refractivity contribution in [2.24, 2.45) is 0 Å². The maximum atomic E-state index is 12.3. The van der Waals surface area contributed by atoms with E-state index in [0.29, 0.717) is 22.2 Å². The summed E-state index contributed by atoms with van der Waals surface area (Å²) >= 11 is 0. The van der Waals surface area contributed by atoms with Gasteiger partial charge in [-0.2, -0.15) is 0 Å². The Morgan fingerprint density at radius 3 is 2.57 bits per heavy atom. The van der Waals surface area contributed by atoms with Crippen LogP contribution in [0.1, 0.15) is 5.56 Å². The van der Waals surface area contributed by atoms with Crippen LogP contribution in [0.15, 0.2) is 65.4 Å². The molecule has 0 radical (unpaired) electrons. The third kappa shape index (κ3) is 4.14. The van der Waals surface area contributed by atoms with Crippen LogP contribution in [-0.2, 0) is 16.0 Å². The Bertz CT molecular complexity index is 1230. The number of fused-ring (bicyclic) bond motifs is 2. The van der Waals surface area contributed by atoms with Gasteiger partial charge in [-0.1, -0.05) is 30.3 Å². The van der Waals surface area contributed by atoms with Crippen LogP contribution in [0, 0.1) is 0 Å². The fraction of sp³-hybridized carbons (Fsp3) is 0.100. The standard InChI is InChI=1S/C20H17BN4O5/c26-19(20(27)25-18-10-22-14-6-2-3-7-15(14)23-18)24-17(21(28)29)9-12-11-30-16-8-4-1-5-13(12)16/h1-8,10-11,17,28-29H,9H2,(H,24,26)(H,23,25,27)/t17-/m0/s1. The van der Waals surface area contributed by atoms with Crippen LogP contribution in [-0.4, -0.2) is 44.9 Å². The van der Waals surface area contributed by atoms with E-state index in [4.69, 9.17) is 4.42 Å². The molecule has 4 N–H and O–H groups in total. The number of hydrogen-bond acceptors (Lipinski definition) is 7. The van der Waals surface area contributed by atoms with Crippen molar-refractivity contribution in [2.45, 2.75) is 12.4 Å². The zero-order valence-corrected chi connectivity index (χ0v) is 15.6. The van der Waals surface area contributed by atoms with Crippen LogP contribution in [0.25, 0.3) is 22.0 Å². The Kier molecular flexibility index (Phi) is 5.42. The van der Waals surface area contributed by atoms with Crippen LogP contribution in [0.5, 0.6) is 0 Å². The number of carbonyl (C=O) groups is 2. The topological polar surface area (TPSA) is 138 Å². The van der Waals surface area contributed by atoms with Crippen molar-refractivity contribution < 1.29 is 24.1 Å². The first-order valence-corrected chi connectivity index (χ1v) is 9.16. The van der Waals surface area contributed by atoms with Gasteiger partial charge in [0.25, 0.3) is 0 Å². The van der Waals surface area contributed by atoms with Gasteiger partial charge in [-0.15, -0.1) is 0 Å². The van der Waals surface area contributed by atoms with E-state index in [1.54, 1.807) is 24.3 Å². The number of aromatic nitrogens is 2. The Morgan fingerprint density at radius 1 is 1.03 bits per heavy atom. The van der Waals surface area contributed by atoms with Crippen LogP contribution < -0.4 is 10.6 Å². The van der Waals surface area contributed by atoms with E-state index in [1.807, 2.05) is 24.3 Å². The molecule has 0 unspecified atom stereocenters. The van der Waals surface area contributed by atoms with Crippen LogP contribution >= 0.6 is 0 Å². The summed E-state index contributed by atoms with van der Waals surface area (Å²) in [7, 11) is -1.88. The Balaban J connectivity index is 1.44. The monoisotopic (exact) mass is 404 g/mol. The number of amides is 2. The SMILES string of the molecule is O=C(Nc1cnc2ccccc2n1)C(=O)N[C@@H](Cc1coc2ccccc12)B(O)O. The second kappa shape index (κ2) is 8.32. The normalized spacial score (nSPS) is 11.9. The molecule has 10 heteroatoms. The number of carbonyl (C=O) groups excluding carboxylic acids is 2. The molecule has 0 fully saturated rings. The second-order valence-electron chi connectivity index (χ2n) is 6.65. The summed E-state index contributed by atoms with van der Waals surface area (Å²) < 4.78 is 5.43. The molecule has 9 nitrogen and oxygen atoms in total. The molecule has 2 aromatic carbocycles. The van der Waals surface area contributed by atoms with Crippen LogP contribution in [0.2, 0.25) is 0 Å². The smallest absolute Gasteiger partial charge is 0.464 e. The van der Waals surface area contributed by atoms with Crippen molar-refractivity contribution in [3.8, 4) is 0 Å². The van der Waals surface area contributed by atoms with Crippen LogP contribution in [0.4, 0.5) is 5.82 Å². The lowest BCUT2D eigenvalue weighted by Crippen LogP contribution is -2.51. The van der Waals surface area contributed by atoms with E-state index in [0.717, 1.165) is 5.39 Å². The average molecular weight is 404 g/mol. The summed E-state index contributed by atoms with van der Waals surface area (Å²) in [5, 5.41) is 24.8. The molecule has 0 saturated carbocycles. The Labute approximate surface area is 170 Å². The fourth-order valence-corrected chi connectivity index (χ4v) is 3.08. The summed E-state index contributed by atoms with van der Waals surface area (Å²) in [6.07, 6.45) is 2.88. The minimum atomic E-state index is -1.88. The van der Waals surface area contributed by atoms with E-state index in [-0.39, 0.29) is 12.2 Å². The largest absolute Gasteiger partial charge is 0.475 e. The highest BCUT2D eigenvalue weighted by atomic mass is 16.4. The molecular weight excluding hydrogens is 387 g/mol. The number of nitrogens with one attached hydrogen (secondary N) is 2. The number of furan rings is 1. The van der Waals surface area contributed by atoms with Gasteiger partial charge in [0.15, 0.2) is 5.82 Å². The summed E-state index contributed by atoms with van der Waals surface area (Å²) in [4.78, 5) is 32.9.